The number of hydrogen-bond donors (Lipinski definition) is 0. The summed E-state index contributed by atoms with van der Waals surface area (Å²) >= 11 is 0. The Hall–Kier alpha value is -8.69. The second kappa shape index (κ2) is 23.0. The fraction of sp³-hybridized carbons (Fsp3) is 0.391. The van der Waals surface area contributed by atoms with Gasteiger partial charge in [-0.2, -0.15) is 0 Å². The molecule has 0 bridgehead atoms. The average molecular weight is 1280 g/mol. The number of nitrogens with zero attached hydrogens (tertiary/aromatic N) is 2. The molecule has 3 heterocycles. The number of fused-ring (bicyclic) bond motifs is 6. The molecule has 0 spiro atoms. The van der Waals surface area contributed by atoms with Gasteiger partial charge in [0.05, 0.1) is 23.2 Å². The zero-order valence-electron chi connectivity index (χ0n) is 60.5. The lowest BCUT2D eigenvalue weighted by Crippen LogP contribution is -2.41. The van der Waals surface area contributed by atoms with E-state index in [1.165, 1.54) is 27.8 Å². The maximum Gasteiger partial charge on any atom is 0.346 e. The predicted molar refractivity (Wildman–Crippen MR) is 395 cm³/mol. The first kappa shape index (κ1) is 65.9. The number of esters is 2. The standard InChI is InChI=1S/C87H96N2O7/c1-49-38-64-65(39-50(49)2)89-45-53-40-66(92-58-32-24-54(25-33-58)85(16,17)46-82(7,8)9)72-74-68(93-57-30-22-52(23-31-57)51(3)44-81(4,5)6)42-62-71-63(80(91)96-79(62)90)43-69(95-60-36-28-56(29-37-60)87(20,21)48-84(13,14)15)75(77(71)74)73-67(41-61(78(89)88-64)70(53)76(72)73)94-59-34-26-55(27-35-59)86(18,19)47-83(10,11)12/h22-44,64-65H,45-48H2,1-21H3/b51-44+. The fourth-order valence-electron chi connectivity index (χ4n) is 16.9. The van der Waals surface area contributed by atoms with Crippen LogP contribution >= 0.6 is 0 Å². The second-order valence-electron chi connectivity index (χ2n) is 34.8. The third-order valence-electron chi connectivity index (χ3n) is 19.9. The first-order valence-electron chi connectivity index (χ1n) is 34.5. The Labute approximate surface area is 569 Å². The van der Waals surface area contributed by atoms with E-state index in [-0.39, 0.29) is 61.1 Å². The minimum atomic E-state index is -0.780. The van der Waals surface area contributed by atoms with Gasteiger partial charge in [0, 0.05) is 49.8 Å². The first-order valence-corrected chi connectivity index (χ1v) is 34.5. The van der Waals surface area contributed by atoms with Gasteiger partial charge in [-0.05, 0) is 190 Å². The van der Waals surface area contributed by atoms with Crippen LogP contribution in [0.1, 0.15) is 219 Å². The van der Waals surface area contributed by atoms with Crippen LogP contribution in [0, 0.1) is 21.7 Å². The second-order valence-corrected chi connectivity index (χ2v) is 34.8. The van der Waals surface area contributed by atoms with Crippen LogP contribution in [0.15, 0.2) is 156 Å². The van der Waals surface area contributed by atoms with E-state index in [2.05, 4.69) is 253 Å². The lowest BCUT2D eigenvalue weighted by atomic mass is 9.72. The van der Waals surface area contributed by atoms with Gasteiger partial charge in [-0.1, -0.05) is 203 Å². The van der Waals surface area contributed by atoms with Crippen molar-refractivity contribution in [1.29, 1.82) is 0 Å². The Morgan fingerprint density at radius 2 is 0.812 bits per heavy atom. The monoisotopic (exact) mass is 1280 g/mol. The van der Waals surface area contributed by atoms with E-state index in [0.29, 0.717) is 84.9 Å². The topological polar surface area (TPSA) is 95.9 Å². The van der Waals surface area contributed by atoms with Crippen LogP contribution in [0.3, 0.4) is 0 Å². The third kappa shape index (κ3) is 12.5. The van der Waals surface area contributed by atoms with Crippen molar-refractivity contribution in [2.45, 2.75) is 200 Å². The summed E-state index contributed by atoms with van der Waals surface area (Å²) in [7, 11) is 0. The minimum absolute atomic E-state index is 0.0281. The van der Waals surface area contributed by atoms with Crippen molar-refractivity contribution in [3.63, 3.8) is 0 Å². The van der Waals surface area contributed by atoms with Gasteiger partial charge in [-0.15, -0.1) is 0 Å². The van der Waals surface area contributed by atoms with Crippen molar-refractivity contribution in [2.24, 2.45) is 26.7 Å². The summed E-state index contributed by atoms with van der Waals surface area (Å²) in [4.78, 5) is 37.7. The van der Waals surface area contributed by atoms with Crippen LogP contribution < -0.4 is 18.9 Å². The molecule has 4 aliphatic rings. The molecule has 9 nitrogen and oxygen atoms in total. The Kier molecular flexibility index (Phi) is 15.8. The quantitative estimate of drug-likeness (QED) is 0.0434. The zero-order valence-corrected chi connectivity index (χ0v) is 60.5. The van der Waals surface area contributed by atoms with Crippen LogP contribution in [-0.4, -0.2) is 34.8 Å². The molecule has 0 amide bonds. The van der Waals surface area contributed by atoms with E-state index in [9.17, 15) is 9.59 Å². The molecular formula is C87H96N2O7. The molecule has 9 aromatic rings. The van der Waals surface area contributed by atoms with Gasteiger partial charge < -0.3 is 28.6 Å². The molecule has 13 rings (SSSR count). The van der Waals surface area contributed by atoms with Gasteiger partial charge in [0.1, 0.15) is 51.8 Å². The van der Waals surface area contributed by atoms with Crippen molar-refractivity contribution in [2.75, 3.05) is 0 Å². The van der Waals surface area contributed by atoms with Crippen molar-refractivity contribution in [3.8, 4) is 46.0 Å². The maximum absolute atomic E-state index is 14.8. The highest BCUT2D eigenvalue weighted by Crippen LogP contribution is 2.59. The number of amidine groups is 1. The first-order chi connectivity index (χ1) is 44.8. The third-order valence-corrected chi connectivity index (χ3v) is 19.9. The van der Waals surface area contributed by atoms with Gasteiger partial charge in [-0.25, -0.2) is 9.59 Å². The molecule has 9 heteroatoms. The molecule has 3 aliphatic heterocycles. The van der Waals surface area contributed by atoms with E-state index in [1.807, 2.05) is 24.3 Å². The number of aliphatic imine (C=N–C) groups is 1. The minimum Gasteiger partial charge on any atom is -0.457 e. The van der Waals surface area contributed by atoms with Crippen LogP contribution in [0.5, 0.6) is 46.0 Å². The molecule has 0 aromatic heterocycles. The lowest BCUT2D eigenvalue weighted by molar-refractivity contribution is 0.0390. The zero-order chi connectivity index (χ0) is 68.9. The van der Waals surface area contributed by atoms with E-state index in [0.717, 1.165) is 58.1 Å². The van der Waals surface area contributed by atoms with Crippen LogP contribution in [-0.2, 0) is 27.5 Å². The fourth-order valence-corrected chi connectivity index (χ4v) is 16.9. The summed E-state index contributed by atoms with van der Waals surface area (Å²) in [6.45, 7) is 48.0. The van der Waals surface area contributed by atoms with Gasteiger partial charge in [0.25, 0.3) is 0 Å². The summed E-state index contributed by atoms with van der Waals surface area (Å²) in [5.74, 6) is 3.52. The summed E-state index contributed by atoms with van der Waals surface area (Å²) in [5, 5.41) is 5.47. The number of rotatable bonds is 15. The summed E-state index contributed by atoms with van der Waals surface area (Å²) in [6.07, 6.45) is 9.87. The Morgan fingerprint density at radius 1 is 0.458 bits per heavy atom. The van der Waals surface area contributed by atoms with E-state index in [1.54, 1.807) is 12.1 Å². The van der Waals surface area contributed by atoms with E-state index >= 15 is 0 Å². The van der Waals surface area contributed by atoms with E-state index in [4.69, 9.17) is 28.7 Å². The van der Waals surface area contributed by atoms with E-state index < -0.39 is 11.9 Å². The molecular weight excluding hydrogens is 1180 g/mol. The molecule has 2 atom stereocenters. The van der Waals surface area contributed by atoms with Crippen molar-refractivity contribution < 1.29 is 33.3 Å². The Balaban J connectivity index is 1.16. The SMILES string of the molecule is CC1=CC2N=C3c4cc(Oc5ccc(C(C)(C)CC(C)(C)C)cc5)c5c6c(Oc7ccc(C(C)(C)CC(C)(C)C)cc7)cc7c8c(cc(Oc9ccc(/C(C)=C/C(C)(C)C)cc9)c(c9c(Oc%10ccc(C(C)(C)CC(C)(C)C)cc%10)cc(c4c95)CN3C2C=C1C)c86)C(=O)OC7=O. The summed E-state index contributed by atoms with van der Waals surface area (Å²) < 4.78 is 35.7. The van der Waals surface area contributed by atoms with Crippen LogP contribution in [0.4, 0.5) is 0 Å². The highest BCUT2D eigenvalue weighted by Gasteiger charge is 2.43. The summed E-state index contributed by atoms with van der Waals surface area (Å²) in [6, 6.07) is 41.3. The lowest BCUT2D eigenvalue weighted by Gasteiger charge is -2.36. The van der Waals surface area contributed by atoms with Crippen molar-refractivity contribution >= 4 is 66.4 Å². The molecule has 2 unspecified atom stereocenters. The molecule has 96 heavy (non-hydrogen) atoms. The maximum atomic E-state index is 14.8. The number of allylic oxidation sites excluding steroid dienone is 4. The summed E-state index contributed by atoms with van der Waals surface area (Å²) in [5.41, 5.74) is 10.4. The molecule has 0 saturated carbocycles. The molecule has 0 saturated heterocycles. The molecule has 9 aromatic carbocycles. The van der Waals surface area contributed by atoms with Gasteiger partial charge in [-0.3, -0.25) is 4.99 Å². The number of hydrogen-bond acceptors (Lipinski definition) is 9. The van der Waals surface area contributed by atoms with Crippen molar-refractivity contribution in [3.05, 3.63) is 195 Å². The van der Waals surface area contributed by atoms with Gasteiger partial charge in [0.2, 0.25) is 0 Å². The molecule has 496 valence electrons. The molecule has 0 radical (unpaired) electrons. The number of ether oxygens (including phenoxy) is 5. The highest BCUT2D eigenvalue weighted by atomic mass is 16.6. The average Bonchev–Trinajstić information content (AvgIpc) is 0.841. The number of benzene rings is 9. The van der Waals surface area contributed by atoms with Crippen molar-refractivity contribution in [1.82, 2.24) is 4.90 Å². The van der Waals surface area contributed by atoms with Gasteiger partial charge in [0.15, 0.2) is 0 Å². The molecule has 0 fully saturated rings. The largest absolute Gasteiger partial charge is 0.457 e. The Morgan fingerprint density at radius 3 is 1.20 bits per heavy atom. The van der Waals surface area contributed by atoms with Gasteiger partial charge >= 0.3 is 11.9 Å². The number of carbonyl (C=O) groups is 2. The van der Waals surface area contributed by atoms with Crippen LogP contribution in [0.25, 0.3) is 48.7 Å². The van der Waals surface area contributed by atoms with Crippen LogP contribution in [0.2, 0.25) is 0 Å². The number of cyclic esters (lactones) is 2. The highest BCUT2D eigenvalue weighted by molar-refractivity contribution is 6.42. The normalized spacial score (nSPS) is 17.0. The molecule has 1 aliphatic carbocycles. The predicted octanol–water partition coefficient (Wildman–Crippen LogP) is 24.0. The number of carbonyl (C=O) groups excluding carboxylic acids is 2. The molecule has 0 N–H and O–H groups in total. The smallest absolute Gasteiger partial charge is 0.346 e. The Bertz CT molecular complexity index is 4770.